The summed E-state index contributed by atoms with van der Waals surface area (Å²) in [5.41, 5.74) is -0.478. The average Bonchev–Trinajstić information content (AvgIpc) is 2.47. The van der Waals surface area contributed by atoms with Gasteiger partial charge >= 0.3 is 5.97 Å². The van der Waals surface area contributed by atoms with Crippen LogP contribution in [0, 0.1) is 11.3 Å². The lowest BCUT2D eigenvalue weighted by molar-refractivity contribution is -0.154. The van der Waals surface area contributed by atoms with Crippen molar-refractivity contribution in [2.75, 3.05) is 32.7 Å². The summed E-state index contributed by atoms with van der Waals surface area (Å²) in [6, 6.07) is 0.680. The van der Waals surface area contributed by atoms with Gasteiger partial charge in [0.25, 0.3) is 0 Å². The minimum Gasteiger partial charge on any atom is -0.481 e. The van der Waals surface area contributed by atoms with Gasteiger partial charge in [-0.25, -0.2) is 0 Å². The minimum absolute atomic E-state index is 0.478. The number of hydrogen-bond acceptors (Lipinski definition) is 3. The molecule has 21 heavy (non-hydrogen) atoms. The number of carbonyl (C=O) groups is 1. The molecule has 0 aromatic carbocycles. The predicted octanol–water partition coefficient (Wildman–Crippen LogP) is 2.44. The van der Waals surface area contributed by atoms with Crippen LogP contribution in [0.1, 0.15) is 51.9 Å². The summed E-state index contributed by atoms with van der Waals surface area (Å²) in [4.78, 5) is 17.0. The number of piperidine rings is 1. The lowest BCUT2D eigenvalue weighted by Crippen LogP contribution is -2.57. The number of piperazine rings is 1. The second-order valence-electron chi connectivity index (χ2n) is 7.71. The van der Waals surface area contributed by atoms with Crippen LogP contribution in [-0.2, 0) is 4.79 Å². The van der Waals surface area contributed by atoms with Gasteiger partial charge in [-0.05, 0) is 38.1 Å². The second-order valence-corrected chi connectivity index (χ2v) is 7.71. The summed E-state index contributed by atoms with van der Waals surface area (Å²) < 4.78 is 0. The average molecular weight is 294 g/mol. The maximum absolute atomic E-state index is 11.9. The van der Waals surface area contributed by atoms with Crippen molar-refractivity contribution in [3.8, 4) is 0 Å². The molecule has 0 radical (unpaired) electrons. The Kier molecular flexibility index (Phi) is 4.55. The van der Waals surface area contributed by atoms with Gasteiger partial charge in [0, 0.05) is 32.2 Å². The van der Waals surface area contributed by atoms with Crippen molar-refractivity contribution in [1.82, 2.24) is 9.80 Å². The lowest BCUT2D eigenvalue weighted by Gasteiger charge is -2.47. The molecule has 120 valence electrons. The largest absolute Gasteiger partial charge is 0.481 e. The monoisotopic (exact) mass is 294 g/mol. The van der Waals surface area contributed by atoms with E-state index in [1.54, 1.807) is 0 Å². The van der Waals surface area contributed by atoms with Crippen molar-refractivity contribution in [2.24, 2.45) is 11.3 Å². The van der Waals surface area contributed by atoms with Gasteiger partial charge in [0.15, 0.2) is 0 Å². The Bertz CT molecular complexity index is 387. The van der Waals surface area contributed by atoms with Crippen LogP contribution in [0.2, 0.25) is 0 Å². The molecule has 0 aromatic heterocycles. The Hall–Kier alpha value is -0.610. The molecule has 3 unspecified atom stereocenters. The van der Waals surface area contributed by atoms with Gasteiger partial charge in [-0.3, -0.25) is 14.6 Å². The van der Waals surface area contributed by atoms with Crippen molar-refractivity contribution >= 4 is 5.97 Å². The third-order valence-corrected chi connectivity index (χ3v) is 5.99. The van der Waals surface area contributed by atoms with Crippen LogP contribution in [0.4, 0.5) is 0 Å². The molecule has 1 saturated carbocycles. The summed E-state index contributed by atoms with van der Waals surface area (Å²) in [6.07, 6.45) is 8.00. The molecule has 0 aromatic rings. The van der Waals surface area contributed by atoms with E-state index in [0.29, 0.717) is 12.0 Å². The summed E-state index contributed by atoms with van der Waals surface area (Å²) in [7, 11) is 0. The fourth-order valence-corrected chi connectivity index (χ4v) is 4.86. The molecule has 2 saturated heterocycles. The first-order valence-electron chi connectivity index (χ1n) is 8.79. The van der Waals surface area contributed by atoms with Crippen molar-refractivity contribution < 1.29 is 9.90 Å². The van der Waals surface area contributed by atoms with Crippen molar-refractivity contribution in [3.63, 3.8) is 0 Å². The Morgan fingerprint density at radius 3 is 2.81 bits per heavy atom. The number of carboxylic acids is 1. The van der Waals surface area contributed by atoms with E-state index in [9.17, 15) is 9.90 Å². The molecular weight excluding hydrogens is 264 g/mol. The predicted molar refractivity (Wildman–Crippen MR) is 83.4 cm³/mol. The highest BCUT2D eigenvalue weighted by Crippen LogP contribution is 2.40. The molecule has 3 fully saturated rings. The number of carboxylic acid groups (broad SMARTS) is 1. The van der Waals surface area contributed by atoms with Crippen LogP contribution in [-0.4, -0.2) is 59.6 Å². The zero-order valence-corrected chi connectivity index (χ0v) is 13.4. The molecule has 0 spiro atoms. The summed E-state index contributed by atoms with van der Waals surface area (Å²) >= 11 is 0. The SMILES string of the molecule is CC1CCCC(CN2CCN3CCCCC3C2)(C(=O)O)C1. The molecule has 3 aliphatic rings. The molecule has 0 bridgehead atoms. The van der Waals surface area contributed by atoms with Crippen LogP contribution in [0.25, 0.3) is 0 Å². The van der Waals surface area contributed by atoms with E-state index in [2.05, 4.69) is 16.7 Å². The van der Waals surface area contributed by atoms with Gasteiger partial charge in [-0.15, -0.1) is 0 Å². The fourth-order valence-electron chi connectivity index (χ4n) is 4.86. The highest BCUT2D eigenvalue weighted by Gasteiger charge is 2.44. The molecule has 2 heterocycles. The Labute approximate surface area is 128 Å². The third kappa shape index (κ3) is 3.26. The van der Waals surface area contributed by atoms with Gasteiger partial charge in [0.05, 0.1) is 5.41 Å². The fraction of sp³-hybridized carbons (Fsp3) is 0.941. The number of nitrogens with zero attached hydrogens (tertiary/aromatic N) is 2. The van der Waals surface area contributed by atoms with Gasteiger partial charge in [0.2, 0.25) is 0 Å². The highest BCUT2D eigenvalue weighted by atomic mass is 16.4. The Balaban J connectivity index is 1.64. The maximum Gasteiger partial charge on any atom is 0.310 e. The van der Waals surface area contributed by atoms with Gasteiger partial charge in [0.1, 0.15) is 0 Å². The van der Waals surface area contributed by atoms with E-state index < -0.39 is 11.4 Å². The molecular formula is C17H30N2O2. The van der Waals surface area contributed by atoms with Crippen LogP contribution in [0.3, 0.4) is 0 Å². The van der Waals surface area contributed by atoms with E-state index in [-0.39, 0.29) is 0 Å². The summed E-state index contributed by atoms with van der Waals surface area (Å²) in [5.74, 6) is 0.00550. The van der Waals surface area contributed by atoms with E-state index in [4.69, 9.17) is 0 Å². The number of rotatable bonds is 3. The Morgan fingerprint density at radius 2 is 2.05 bits per heavy atom. The summed E-state index contributed by atoms with van der Waals surface area (Å²) in [6.45, 7) is 7.52. The zero-order valence-electron chi connectivity index (χ0n) is 13.4. The van der Waals surface area contributed by atoms with Crippen molar-refractivity contribution in [1.29, 1.82) is 0 Å². The molecule has 4 heteroatoms. The van der Waals surface area contributed by atoms with Crippen LogP contribution in [0.15, 0.2) is 0 Å². The normalized spacial score (nSPS) is 38.9. The zero-order chi connectivity index (χ0) is 14.9. The highest BCUT2D eigenvalue weighted by molar-refractivity contribution is 5.75. The van der Waals surface area contributed by atoms with E-state index >= 15 is 0 Å². The van der Waals surface area contributed by atoms with E-state index in [1.807, 2.05) is 0 Å². The third-order valence-electron chi connectivity index (χ3n) is 5.99. The first kappa shape index (κ1) is 15.3. The van der Waals surface area contributed by atoms with Crippen LogP contribution < -0.4 is 0 Å². The lowest BCUT2D eigenvalue weighted by atomic mass is 9.69. The van der Waals surface area contributed by atoms with Gasteiger partial charge in [-0.2, -0.15) is 0 Å². The molecule has 2 aliphatic heterocycles. The Morgan fingerprint density at radius 1 is 1.19 bits per heavy atom. The molecule has 0 amide bonds. The quantitative estimate of drug-likeness (QED) is 0.868. The van der Waals surface area contributed by atoms with Crippen LogP contribution >= 0.6 is 0 Å². The van der Waals surface area contributed by atoms with Crippen LogP contribution in [0.5, 0.6) is 0 Å². The van der Waals surface area contributed by atoms with E-state index in [1.165, 1.54) is 32.2 Å². The number of fused-ring (bicyclic) bond motifs is 1. The molecule has 4 nitrogen and oxygen atoms in total. The van der Waals surface area contributed by atoms with Crippen molar-refractivity contribution in [2.45, 2.75) is 57.9 Å². The number of hydrogen-bond donors (Lipinski definition) is 1. The first-order chi connectivity index (χ1) is 10.1. The summed E-state index contributed by atoms with van der Waals surface area (Å²) in [5, 5.41) is 9.83. The van der Waals surface area contributed by atoms with Crippen molar-refractivity contribution in [3.05, 3.63) is 0 Å². The molecule has 3 atom stereocenters. The molecule has 1 aliphatic carbocycles. The van der Waals surface area contributed by atoms with Gasteiger partial charge < -0.3 is 5.11 Å². The molecule has 3 rings (SSSR count). The number of aliphatic carboxylic acids is 1. The maximum atomic E-state index is 11.9. The molecule has 1 N–H and O–H groups in total. The minimum atomic E-state index is -0.555. The second kappa shape index (κ2) is 6.25. The van der Waals surface area contributed by atoms with Gasteiger partial charge in [-0.1, -0.05) is 26.2 Å². The standard InChI is InChI=1S/C17H30N2O2/c1-14-5-4-7-17(11-14,16(20)21)13-18-9-10-19-8-3-2-6-15(19)12-18/h14-15H,2-13H2,1H3,(H,20,21). The smallest absolute Gasteiger partial charge is 0.310 e. The van der Waals surface area contributed by atoms with E-state index in [0.717, 1.165) is 45.4 Å². The topological polar surface area (TPSA) is 43.8 Å². The first-order valence-corrected chi connectivity index (χ1v) is 8.79.